The van der Waals surface area contributed by atoms with E-state index in [2.05, 4.69) is 5.10 Å². The fraction of sp³-hybridized carbons (Fsp3) is 0.250. The summed E-state index contributed by atoms with van der Waals surface area (Å²) in [6.07, 6.45) is 3.96. The number of amides is 2. The third kappa shape index (κ3) is 3.93. The van der Waals surface area contributed by atoms with E-state index < -0.39 is 0 Å². The van der Waals surface area contributed by atoms with Crippen LogP contribution < -0.4 is 0 Å². The Bertz CT molecular complexity index is 913. The molecule has 3 heterocycles. The van der Waals surface area contributed by atoms with Gasteiger partial charge >= 0.3 is 0 Å². The average Bonchev–Trinajstić information content (AvgIpc) is 3.40. The van der Waals surface area contributed by atoms with Crippen LogP contribution in [0.25, 0.3) is 5.69 Å². The topological polar surface area (TPSA) is 58.4 Å². The van der Waals surface area contributed by atoms with Crippen molar-refractivity contribution in [3.8, 4) is 5.69 Å². The maximum absolute atomic E-state index is 12.6. The maximum atomic E-state index is 12.6. The highest BCUT2D eigenvalue weighted by Crippen LogP contribution is 2.15. The average molecular weight is 380 g/mol. The van der Waals surface area contributed by atoms with E-state index >= 15 is 0 Å². The number of piperazine rings is 1. The minimum atomic E-state index is 0.0567. The van der Waals surface area contributed by atoms with Gasteiger partial charge < -0.3 is 9.80 Å². The molecule has 1 saturated heterocycles. The number of thiophene rings is 1. The lowest BCUT2D eigenvalue weighted by atomic mass is 10.2. The number of nitrogens with zero attached hydrogens (tertiary/aromatic N) is 4. The maximum Gasteiger partial charge on any atom is 0.264 e. The molecule has 0 aliphatic carbocycles. The number of hydrogen-bond donors (Lipinski definition) is 0. The molecule has 1 aromatic carbocycles. The van der Waals surface area contributed by atoms with Crippen LogP contribution >= 0.6 is 11.3 Å². The van der Waals surface area contributed by atoms with Crippen LogP contribution in [0.4, 0.5) is 0 Å². The Kier molecular flexibility index (Phi) is 5.02. The Morgan fingerprint density at radius 1 is 0.963 bits per heavy atom. The molecular formula is C20H20N4O2S. The van der Waals surface area contributed by atoms with Gasteiger partial charge in [-0.25, -0.2) is 4.68 Å². The quantitative estimate of drug-likeness (QED) is 0.699. The second-order valence-corrected chi connectivity index (χ2v) is 7.40. The molecule has 1 aliphatic heterocycles. The van der Waals surface area contributed by atoms with Crippen LogP contribution in [0.1, 0.15) is 15.2 Å². The second kappa shape index (κ2) is 7.75. The van der Waals surface area contributed by atoms with Crippen molar-refractivity contribution in [3.63, 3.8) is 0 Å². The Balaban J connectivity index is 1.32. The van der Waals surface area contributed by atoms with Crippen molar-refractivity contribution in [1.82, 2.24) is 19.6 Å². The monoisotopic (exact) mass is 380 g/mol. The second-order valence-electron chi connectivity index (χ2n) is 6.46. The molecule has 4 rings (SSSR count). The lowest BCUT2D eigenvalue weighted by Gasteiger charge is -2.34. The minimum absolute atomic E-state index is 0.0567. The highest BCUT2D eigenvalue weighted by Gasteiger charge is 2.25. The highest BCUT2D eigenvalue weighted by atomic mass is 32.1. The summed E-state index contributed by atoms with van der Waals surface area (Å²) in [7, 11) is 0. The van der Waals surface area contributed by atoms with Gasteiger partial charge in [0.1, 0.15) is 0 Å². The number of rotatable bonds is 4. The minimum Gasteiger partial charge on any atom is -0.339 e. The first-order valence-corrected chi connectivity index (χ1v) is 9.78. The van der Waals surface area contributed by atoms with Crippen molar-refractivity contribution in [1.29, 1.82) is 0 Å². The van der Waals surface area contributed by atoms with Gasteiger partial charge in [-0.15, -0.1) is 11.3 Å². The van der Waals surface area contributed by atoms with Crippen LogP contribution in [0, 0.1) is 0 Å². The molecule has 27 heavy (non-hydrogen) atoms. The zero-order valence-corrected chi connectivity index (χ0v) is 15.6. The summed E-state index contributed by atoms with van der Waals surface area (Å²) in [5.74, 6) is 0.132. The van der Waals surface area contributed by atoms with Gasteiger partial charge in [0.2, 0.25) is 5.91 Å². The van der Waals surface area contributed by atoms with Crippen LogP contribution in [0.2, 0.25) is 0 Å². The lowest BCUT2D eigenvalue weighted by molar-refractivity contribution is -0.131. The van der Waals surface area contributed by atoms with Gasteiger partial charge in [-0.3, -0.25) is 9.59 Å². The fourth-order valence-electron chi connectivity index (χ4n) is 3.17. The number of para-hydroxylation sites is 1. The predicted molar refractivity (Wildman–Crippen MR) is 104 cm³/mol. The van der Waals surface area contributed by atoms with Gasteiger partial charge in [-0.05, 0) is 29.1 Å². The molecule has 0 saturated carbocycles. The predicted octanol–water partition coefficient (Wildman–Crippen LogP) is 2.46. The van der Waals surface area contributed by atoms with Crippen molar-refractivity contribution < 1.29 is 9.59 Å². The van der Waals surface area contributed by atoms with Crippen LogP contribution in [0.3, 0.4) is 0 Å². The lowest BCUT2D eigenvalue weighted by Crippen LogP contribution is -2.50. The third-order valence-electron chi connectivity index (χ3n) is 4.66. The van der Waals surface area contributed by atoms with Crippen molar-refractivity contribution in [2.24, 2.45) is 0 Å². The molecule has 1 aliphatic rings. The summed E-state index contributed by atoms with van der Waals surface area (Å²) in [5.41, 5.74) is 1.86. The molecule has 0 radical (unpaired) electrons. The molecular weight excluding hydrogens is 360 g/mol. The first-order valence-electron chi connectivity index (χ1n) is 8.90. The van der Waals surface area contributed by atoms with Crippen molar-refractivity contribution in [2.45, 2.75) is 6.42 Å². The van der Waals surface area contributed by atoms with Gasteiger partial charge in [-0.2, -0.15) is 5.10 Å². The summed E-state index contributed by atoms with van der Waals surface area (Å²) in [4.78, 5) is 29.4. The van der Waals surface area contributed by atoms with Crippen molar-refractivity contribution >= 4 is 23.2 Å². The van der Waals surface area contributed by atoms with Crippen LogP contribution in [-0.4, -0.2) is 57.6 Å². The van der Waals surface area contributed by atoms with Gasteiger partial charge in [0, 0.05) is 32.4 Å². The molecule has 0 bridgehead atoms. The number of carbonyl (C=O) groups excluding carboxylic acids is 2. The molecule has 2 amide bonds. The van der Waals surface area contributed by atoms with Crippen LogP contribution in [0.15, 0.2) is 60.2 Å². The van der Waals surface area contributed by atoms with E-state index in [-0.39, 0.29) is 11.8 Å². The molecule has 0 N–H and O–H groups in total. The van der Waals surface area contributed by atoms with Crippen LogP contribution in [-0.2, 0) is 11.2 Å². The summed E-state index contributed by atoms with van der Waals surface area (Å²) in [6.45, 7) is 2.29. The SMILES string of the molecule is O=C(Cc1cnn(-c2ccccc2)c1)N1CCN(C(=O)c2cccs2)CC1. The Morgan fingerprint density at radius 3 is 2.41 bits per heavy atom. The van der Waals surface area contributed by atoms with E-state index in [9.17, 15) is 9.59 Å². The molecule has 6 nitrogen and oxygen atoms in total. The first kappa shape index (κ1) is 17.5. The summed E-state index contributed by atoms with van der Waals surface area (Å²) >= 11 is 1.45. The molecule has 3 aromatic rings. The molecule has 1 fully saturated rings. The van der Waals surface area contributed by atoms with E-state index in [0.717, 1.165) is 16.1 Å². The van der Waals surface area contributed by atoms with Crippen molar-refractivity contribution in [3.05, 3.63) is 70.7 Å². The van der Waals surface area contributed by atoms with Gasteiger partial charge in [0.15, 0.2) is 0 Å². The van der Waals surface area contributed by atoms with E-state index in [4.69, 9.17) is 0 Å². The fourth-order valence-corrected chi connectivity index (χ4v) is 3.87. The molecule has 7 heteroatoms. The van der Waals surface area contributed by atoms with Gasteiger partial charge in [0.25, 0.3) is 5.91 Å². The normalized spacial score (nSPS) is 14.4. The number of hydrogen-bond acceptors (Lipinski definition) is 4. The molecule has 0 unspecified atom stereocenters. The first-order chi connectivity index (χ1) is 13.2. The van der Waals surface area contributed by atoms with E-state index in [1.54, 1.807) is 10.9 Å². The largest absolute Gasteiger partial charge is 0.339 e. The Hall–Kier alpha value is -2.93. The number of aromatic nitrogens is 2. The highest BCUT2D eigenvalue weighted by molar-refractivity contribution is 7.12. The summed E-state index contributed by atoms with van der Waals surface area (Å²) in [6, 6.07) is 13.5. The van der Waals surface area contributed by atoms with E-state index in [0.29, 0.717) is 32.6 Å². The van der Waals surface area contributed by atoms with Gasteiger partial charge in [-0.1, -0.05) is 24.3 Å². The summed E-state index contributed by atoms with van der Waals surface area (Å²) in [5, 5.41) is 6.25. The summed E-state index contributed by atoms with van der Waals surface area (Å²) < 4.78 is 1.78. The smallest absolute Gasteiger partial charge is 0.264 e. The number of carbonyl (C=O) groups is 2. The molecule has 138 valence electrons. The zero-order chi connectivity index (χ0) is 18.6. The molecule has 0 atom stereocenters. The number of benzene rings is 1. The van der Waals surface area contributed by atoms with Crippen LogP contribution in [0.5, 0.6) is 0 Å². The van der Waals surface area contributed by atoms with E-state index in [1.807, 2.05) is 63.8 Å². The molecule has 0 spiro atoms. The standard InChI is InChI=1S/C20H20N4O2S/c25-19(13-16-14-21-24(15-16)17-5-2-1-3-6-17)22-8-10-23(11-9-22)20(26)18-7-4-12-27-18/h1-7,12,14-15H,8-11,13H2. The van der Waals surface area contributed by atoms with Crippen molar-refractivity contribution in [2.75, 3.05) is 26.2 Å². The molecule has 2 aromatic heterocycles. The van der Waals surface area contributed by atoms with Gasteiger partial charge in [0.05, 0.1) is 23.2 Å². The Labute approximate surface area is 161 Å². The zero-order valence-electron chi connectivity index (χ0n) is 14.8. The van der Waals surface area contributed by atoms with E-state index in [1.165, 1.54) is 11.3 Å². The Morgan fingerprint density at radius 2 is 1.70 bits per heavy atom. The third-order valence-corrected chi connectivity index (χ3v) is 5.52.